The predicted molar refractivity (Wildman–Crippen MR) is 120 cm³/mol. The molecule has 0 unspecified atom stereocenters. The van der Waals surface area contributed by atoms with Crippen LogP contribution in [-0.4, -0.2) is 27.5 Å². The van der Waals surface area contributed by atoms with Crippen molar-refractivity contribution in [3.8, 4) is 11.5 Å². The molecule has 0 atom stereocenters. The topological polar surface area (TPSA) is 93.7 Å². The van der Waals surface area contributed by atoms with E-state index in [1.54, 1.807) is 24.3 Å². The van der Waals surface area contributed by atoms with Crippen LogP contribution in [0.25, 0.3) is 0 Å². The molecule has 0 spiro atoms. The number of benzene rings is 3. The van der Waals surface area contributed by atoms with Crippen LogP contribution in [0.15, 0.2) is 71.6 Å². The van der Waals surface area contributed by atoms with Gasteiger partial charge in [0.2, 0.25) is 0 Å². The maximum atomic E-state index is 13.3. The number of amides is 1. The smallest absolute Gasteiger partial charge is 0.262 e. The van der Waals surface area contributed by atoms with Gasteiger partial charge in [-0.2, -0.15) is 0 Å². The molecule has 0 saturated heterocycles. The van der Waals surface area contributed by atoms with Crippen LogP contribution in [0, 0.1) is 11.6 Å². The summed E-state index contributed by atoms with van der Waals surface area (Å²) in [7, 11) is -4.11. The van der Waals surface area contributed by atoms with Gasteiger partial charge >= 0.3 is 0 Å². The molecule has 3 aromatic carbocycles. The van der Waals surface area contributed by atoms with E-state index in [-0.39, 0.29) is 12.3 Å². The number of sulfonamides is 1. The van der Waals surface area contributed by atoms with Gasteiger partial charge < -0.3 is 14.8 Å². The predicted octanol–water partition coefficient (Wildman–Crippen LogP) is 4.57. The molecule has 0 aliphatic heterocycles. The summed E-state index contributed by atoms with van der Waals surface area (Å²) in [6.07, 6.45) is 0.902. The monoisotopic (exact) mass is 476 g/mol. The van der Waals surface area contributed by atoms with Crippen molar-refractivity contribution in [1.82, 2.24) is 0 Å². The Morgan fingerprint density at radius 3 is 2.06 bits per heavy atom. The maximum Gasteiger partial charge on any atom is 0.262 e. The second-order valence-corrected chi connectivity index (χ2v) is 8.60. The molecule has 0 fully saturated rings. The summed E-state index contributed by atoms with van der Waals surface area (Å²) in [5.41, 5.74) is 0.599. The van der Waals surface area contributed by atoms with E-state index in [1.807, 2.05) is 6.92 Å². The Morgan fingerprint density at radius 2 is 1.45 bits per heavy atom. The molecule has 1 amide bonds. The van der Waals surface area contributed by atoms with Gasteiger partial charge in [-0.25, -0.2) is 17.2 Å². The number of nitrogens with one attached hydrogen (secondary N) is 2. The zero-order valence-electron chi connectivity index (χ0n) is 17.7. The Bertz CT molecular complexity index is 1200. The van der Waals surface area contributed by atoms with Crippen molar-refractivity contribution in [1.29, 1.82) is 0 Å². The van der Waals surface area contributed by atoms with E-state index >= 15 is 0 Å². The van der Waals surface area contributed by atoms with Crippen molar-refractivity contribution in [3.05, 3.63) is 78.4 Å². The summed E-state index contributed by atoms with van der Waals surface area (Å²) in [6, 6.07) is 15.0. The van der Waals surface area contributed by atoms with Crippen LogP contribution < -0.4 is 19.5 Å². The van der Waals surface area contributed by atoms with Crippen LogP contribution >= 0.6 is 0 Å². The van der Waals surface area contributed by atoms with Crippen LogP contribution in [0.3, 0.4) is 0 Å². The number of rotatable bonds is 10. The molecule has 3 aromatic rings. The molecule has 7 nitrogen and oxygen atoms in total. The fraction of sp³-hybridized carbons (Fsp3) is 0.174. The van der Waals surface area contributed by atoms with Crippen LogP contribution in [0.4, 0.5) is 20.2 Å². The van der Waals surface area contributed by atoms with Gasteiger partial charge in [-0.1, -0.05) is 6.92 Å². The number of carbonyl (C=O) groups excluding carboxylic acids is 1. The number of hydrogen-bond acceptors (Lipinski definition) is 5. The number of ether oxygens (including phenoxy) is 2. The van der Waals surface area contributed by atoms with E-state index in [2.05, 4.69) is 10.0 Å². The number of hydrogen-bond donors (Lipinski definition) is 2. The van der Waals surface area contributed by atoms with Crippen molar-refractivity contribution in [2.75, 3.05) is 23.3 Å². The molecule has 0 aliphatic carbocycles. The lowest BCUT2D eigenvalue weighted by Crippen LogP contribution is -2.20. The van der Waals surface area contributed by atoms with Crippen LogP contribution in [0.1, 0.15) is 13.3 Å². The van der Waals surface area contributed by atoms with Gasteiger partial charge in [-0.05, 0) is 73.2 Å². The Kier molecular flexibility index (Phi) is 7.83. The highest BCUT2D eigenvalue weighted by molar-refractivity contribution is 7.92. The molecule has 3 rings (SSSR count). The van der Waals surface area contributed by atoms with Gasteiger partial charge in [0.25, 0.3) is 15.9 Å². The molecule has 2 N–H and O–H groups in total. The summed E-state index contributed by atoms with van der Waals surface area (Å²) in [4.78, 5) is 11.7. The van der Waals surface area contributed by atoms with Gasteiger partial charge in [0, 0.05) is 11.4 Å². The molecular formula is C23H22F2N2O5S. The zero-order valence-corrected chi connectivity index (χ0v) is 18.5. The standard InChI is InChI=1S/C23H22F2N2O5S/c1-2-13-31-18-7-9-19(10-8-18)32-15-23(28)26-16-3-5-17(6-4-16)27-33(29,30)20-11-12-21(24)22(25)14-20/h3-12,14,27H,2,13,15H2,1H3,(H,26,28). The first-order valence-corrected chi connectivity index (χ1v) is 11.5. The zero-order chi connectivity index (χ0) is 23.8. The first-order chi connectivity index (χ1) is 15.8. The molecule has 0 bridgehead atoms. The third-order valence-electron chi connectivity index (χ3n) is 4.29. The Balaban J connectivity index is 1.52. The van der Waals surface area contributed by atoms with Crippen molar-refractivity contribution < 1.29 is 31.5 Å². The van der Waals surface area contributed by atoms with Crippen molar-refractivity contribution >= 4 is 27.3 Å². The third-order valence-corrected chi connectivity index (χ3v) is 5.67. The van der Waals surface area contributed by atoms with Crippen molar-refractivity contribution in [2.45, 2.75) is 18.2 Å². The summed E-state index contributed by atoms with van der Waals surface area (Å²) in [6.45, 7) is 2.41. The molecule has 0 saturated carbocycles. The van der Waals surface area contributed by atoms with Crippen LogP contribution in [-0.2, 0) is 14.8 Å². The normalized spacial score (nSPS) is 11.0. The second-order valence-electron chi connectivity index (χ2n) is 6.92. The second kappa shape index (κ2) is 10.8. The number of halogens is 2. The third kappa shape index (κ3) is 6.91. The highest BCUT2D eigenvalue weighted by Crippen LogP contribution is 2.21. The van der Waals surface area contributed by atoms with Crippen molar-refractivity contribution in [3.63, 3.8) is 0 Å². The minimum atomic E-state index is -4.11. The first-order valence-electron chi connectivity index (χ1n) is 10.0. The summed E-state index contributed by atoms with van der Waals surface area (Å²) in [5.74, 6) is -1.59. The van der Waals surface area contributed by atoms with Crippen molar-refractivity contribution in [2.24, 2.45) is 0 Å². The Hall–Kier alpha value is -3.66. The molecule has 0 aliphatic rings. The Labute approximate surface area is 190 Å². The van der Waals surface area contributed by atoms with Gasteiger partial charge in [-0.15, -0.1) is 0 Å². The molecule has 10 heteroatoms. The van der Waals surface area contributed by atoms with Gasteiger partial charge in [0.15, 0.2) is 18.2 Å². The van der Waals surface area contributed by atoms with Gasteiger partial charge in [-0.3, -0.25) is 9.52 Å². The average molecular weight is 477 g/mol. The van der Waals surface area contributed by atoms with E-state index in [1.165, 1.54) is 24.3 Å². The number of carbonyl (C=O) groups is 1. The van der Waals surface area contributed by atoms with Crippen LogP contribution in [0.2, 0.25) is 0 Å². The minimum Gasteiger partial charge on any atom is -0.494 e. The van der Waals surface area contributed by atoms with Gasteiger partial charge in [0.1, 0.15) is 11.5 Å². The quantitative estimate of drug-likeness (QED) is 0.447. The lowest BCUT2D eigenvalue weighted by Gasteiger charge is -2.11. The minimum absolute atomic E-state index is 0.180. The summed E-state index contributed by atoms with van der Waals surface area (Å²) < 4.78 is 64.2. The van der Waals surface area contributed by atoms with E-state index in [9.17, 15) is 22.0 Å². The lowest BCUT2D eigenvalue weighted by atomic mass is 10.3. The van der Waals surface area contributed by atoms with Gasteiger partial charge in [0.05, 0.1) is 11.5 Å². The maximum absolute atomic E-state index is 13.3. The van der Waals surface area contributed by atoms with E-state index < -0.39 is 32.5 Å². The largest absolute Gasteiger partial charge is 0.494 e. The number of anilines is 2. The molecule has 174 valence electrons. The lowest BCUT2D eigenvalue weighted by molar-refractivity contribution is -0.118. The SMILES string of the molecule is CCCOc1ccc(OCC(=O)Nc2ccc(NS(=O)(=O)c3ccc(F)c(F)c3)cc2)cc1. The molecule has 0 heterocycles. The molecular weight excluding hydrogens is 454 g/mol. The molecule has 0 aromatic heterocycles. The fourth-order valence-electron chi connectivity index (χ4n) is 2.68. The average Bonchev–Trinajstić information content (AvgIpc) is 2.80. The summed E-state index contributed by atoms with van der Waals surface area (Å²) in [5, 5.41) is 2.63. The summed E-state index contributed by atoms with van der Waals surface area (Å²) >= 11 is 0. The first kappa shape index (κ1) is 24.0. The highest BCUT2D eigenvalue weighted by atomic mass is 32.2. The van der Waals surface area contributed by atoms with E-state index in [0.29, 0.717) is 29.9 Å². The fourth-order valence-corrected chi connectivity index (χ4v) is 3.75. The highest BCUT2D eigenvalue weighted by Gasteiger charge is 2.16. The molecule has 33 heavy (non-hydrogen) atoms. The van der Waals surface area contributed by atoms with E-state index in [4.69, 9.17) is 9.47 Å². The van der Waals surface area contributed by atoms with E-state index in [0.717, 1.165) is 18.6 Å². The van der Waals surface area contributed by atoms with Crippen LogP contribution in [0.5, 0.6) is 11.5 Å². The molecule has 0 radical (unpaired) electrons. The Morgan fingerprint density at radius 1 is 0.848 bits per heavy atom.